The predicted octanol–water partition coefficient (Wildman–Crippen LogP) is 1.88. The summed E-state index contributed by atoms with van der Waals surface area (Å²) in [7, 11) is 0. The van der Waals surface area contributed by atoms with Crippen molar-refractivity contribution in [2.45, 2.75) is 13.8 Å². The normalized spacial score (nSPS) is 11.9. The Kier molecular flexibility index (Phi) is 4.37. The first-order valence-electron chi connectivity index (χ1n) is 6.48. The third kappa shape index (κ3) is 3.68. The van der Waals surface area contributed by atoms with Crippen molar-refractivity contribution in [2.75, 3.05) is 6.61 Å². The molecule has 1 aromatic heterocycles. The number of nitrogens with zero attached hydrogens (tertiary/aromatic N) is 1. The fourth-order valence-electron chi connectivity index (χ4n) is 1.60. The van der Waals surface area contributed by atoms with E-state index in [9.17, 15) is 15.0 Å². The Morgan fingerprint density at radius 1 is 1.14 bits per heavy atom. The van der Waals surface area contributed by atoms with Crippen LogP contribution in [0.4, 0.5) is 0 Å². The average Bonchev–Trinajstić information content (AvgIpc) is 2.78. The number of rotatable bonds is 5. The van der Waals surface area contributed by atoms with Gasteiger partial charge in [-0.25, -0.2) is 4.79 Å². The molecule has 0 saturated carbocycles. The molecule has 2 aromatic rings. The molecule has 0 bridgehead atoms. The third-order valence-corrected chi connectivity index (χ3v) is 2.90. The van der Waals surface area contributed by atoms with E-state index in [-0.39, 0.29) is 18.4 Å². The van der Waals surface area contributed by atoms with E-state index in [4.69, 9.17) is 9.57 Å². The number of benzene rings is 1. The van der Waals surface area contributed by atoms with Crippen molar-refractivity contribution in [3.05, 3.63) is 42.0 Å². The highest BCUT2D eigenvalue weighted by atomic mass is 16.7. The molecule has 1 atom stereocenters. The highest BCUT2D eigenvalue weighted by Gasteiger charge is 2.19. The minimum Gasteiger partial charge on any atom is -0.493 e. The van der Waals surface area contributed by atoms with Crippen LogP contribution >= 0.6 is 0 Å². The van der Waals surface area contributed by atoms with Gasteiger partial charge < -0.3 is 19.8 Å². The second-order valence-electron chi connectivity index (χ2n) is 4.78. The highest BCUT2D eigenvalue weighted by molar-refractivity contribution is 5.72. The summed E-state index contributed by atoms with van der Waals surface area (Å²) in [5, 5.41) is 18.8. The number of hydrogen-bond acceptors (Lipinski definition) is 5. The maximum absolute atomic E-state index is 11.8. The molecular formula is C15H17NO5. The number of hydrogen-bond donors (Lipinski definition) is 2. The molecule has 0 saturated heterocycles. The van der Waals surface area contributed by atoms with Gasteiger partial charge in [0.25, 0.3) is 0 Å². The van der Waals surface area contributed by atoms with Crippen molar-refractivity contribution < 1.29 is 24.6 Å². The van der Waals surface area contributed by atoms with Crippen molar-refractivity contribution in [1.82, 2.24) is 4.73 Å². The standard InChI is InChI=1S/C15H17NO5/c1-10-3-5-12(6-4-10)20-9-11(2)15(19)21-16-13(17)7-8-14(16)18/h3-8,11,17-18H,9H2,1-2H3. The van der Waals surface area contributed by atoms with Crippen molar-refractivity contribution in [1.29, 1.82) is 0 Å². The summed E-state index contributed by atoms with van der Waals surface area (Å²) in [5.41, 5.74) is 1.12. The van der Waals surface area contributed by atoms with Crippen molar-refractivity contribution in [3.8, 4) is 17.5 Å². The zero-order valence-corrected chi connectivity index (χ0v) is 11.8. The molecular weight excluding hydrogens is 274 g/mol. The van der Waals surface area contributed by atoms with E-state index in [1.54, 1.807) is 6.92 Å². The van der Waals surface area contributed by atoms with Gasteiger partial charge in [-0.05, 0) is 26.0 Å². The van der Waals surface area contributed by atoms with Gasteiger partial charge in [-0.1, -0.05) is 17.7 Å². The summed E-state index contributed by atoms with van der Waals surface area (Å²) < 4.78 is 6.15. The molecule has 1 heterocycles. The lowest BCUT2D eigenvalue weighted by atomic mass is 10.2. The van der Waals surface area contributed by atoms with Crippen LogP contribution in [0, 0.1) is 12.8 Å². The lowest BCUT2D eigenvalue weighted by Crippen LogP contribution is -2.28. The highest BCUT2D eigenvalue weighted by Crippen LogP contribution is 2.19. The molecule has 1 aromatic carbocycles. The van der Waals surface area contributed by atoms with Crippen LogP contribution in [0.3, 0.4) is 0 Å². The number of carbonyl (C=O) groups excluding carboxylic acids is 1. The van der Waals surface area contributed by atoms with Crippen molar-refractivity contribution in [3.63, 3.8) is 0 Å². The van der Waals surface area contributed by atoms with Gasteiger partial charge in [0.05, 0.1) is 5.92 Å². The second kappa shape index (κ2) is 6.21. The van der Waals surface area contributed by atoms with Crippen LogP contribution in [0.25, 0.3) is 0 Å². The minimum atomic E-state index is -0.621. The van der Waals surface area contributed by atoms with E-state index in [1.165, 1.54) is 12.1 Å². The van der Waals surface area contributed by atoms with E-state index in [0.717, 1.165) is 5.56 Å². The summed E-state index contributed by atoms with van der Waals surface area (Å²) in [5.74, 6) is -1.23. The second-order valence-corrected chi connectivity index (χ2v) is 4.78. The van der Waals surface area contributed by atoms with Gasteiger partial charge in [0, 0.05) is 12.1 Å². The van der Waals surface area contributed by atoms with Crippen LogP contribution in [0.5, 0.6) is 17.5 Å². The third-order valence-electron chi connectivity index (χ3n) is 2.90. The Labute approximate surface area is 122 Å². The lowest BCUT2D eigenvalue weighted by Gasteiger charge is -2.13. The maximum atomic E-state index is 11.8. The van der Waals surface area contributed by atoms with E-state index in [1.807, 2.05) is 31.2 Å². The molecule has 2 N–H and O–H groups in total. The lowest BCUT2D eigenvalue weighted by molar-refractivity contribution is -0.150. The first-order chi connectivity index (χ1) is 9.97. The van der Waals surface area contributed by atoms with Gasteiger partial charge in [0.2, 0.25) is 11.8 Å². The zero-order valence-electron chi connectivity index (χ0n) is 11.8. The van der Waals surface area contributed by atoms with Gasteiger partial charge in [-0.15, -0.1) is 4.73 Å². The Balaban J connectivity index is 1.89. The van der Waals surface area contributed by atoms with Gasteiger partial charge in [0.1, 0.15) is 12.4 Å². The molecule has 0 aliphatic rings. The summed E-state index contributed by atoms with van der Waals surface area (Å²) in [6.45, 7) is 3.73. The summed E-state index contributed by atoms with van der Waals surface area (Å²) in [4.78, 5) is 16.7. The molecule has 0 fully saturated rings. The molecule has 0 amide bonds. The smallest absolute Gasteiger partial charge is 0.339 e. The number of aromatic hydroxyl groups is 2. The monoisotopic (exact) mass is 291 g/mol. The first kappa shape index (κ1) is 14.8. The van der Waals surface area contributed by atoms with Crippen LogP contribution < -0.4 is 9.57 Å². The van der Waals surface area contributed by atoms with E-state index >= 15 is 0 Å². The van der Waals surface area contributed by atoms with Gasteiger partial charge >= 0.3 is 5.97 Å². The Morgan fingerprint density at radius 3 is 2.29 bits per heavy atom. The molecule has 21 heavy (non-hydrogen) atoms. The molecule has 1 unspecified atom stereocenters. The largest absolute Gasteiger partial charge is 0.493 e. The zero-order chi connectivity index (χ0) is 15.4. The topological polar surface area (TPSA) is 80.9 Å². The number of aryl methyl sites for hydroxylation is 1. The fraction of sp³-hybridized carbons (Fsp3) is 0.267. The molecule has 0 spiro atoms. The first-order valence-corrected chi connectivity index (χ1v) is 6.48. The predicted molar refractivity (Wildman–Crippen MR) is 75.2 cm³/mol. The van der Waals surface area contributed by atoms with E-state index in [0.29, 0.717) is 10.5 Å². The molecule has 112 valence electrons. The van der Waals surface area contributed by atoms with Crippen molar-refractivity contribution >= 4 is 5.97 Å². The van der Waals surface area contributed by atoms with Crippen LogP contribution in [0.1, 0.15) is 12.5 Å². The molecule has 0 radical (unpaired) electrons. The number of ether oxygens (including phenoxy) is 1. The van der Waals surface area contributed by atoms with E-state index in [2.05, 4.69) is 0 Å². The van der Waals surface area contributed by atoms with Crippen LogP contribution in [-0.4, -0.2) is 27.5 Å². The van der Waals surface area contributed by atoms with Crippen LogP contribution in [0.2, 0.25) is 0 Å². The summed E-state index contributed by atoms with van der Waals surface area (Å²) in [6, 6.07) is 9.89. The maximum Gasteiger partial charge on any atom is 0.339 e. The summed E-state index contributed by atoms with van der Waals surface area (Å²) in [6.07, 6.45) is 0. The van der Waals surface area contributed by atoms with Gasteiger partial charge in [-0.2, -0.15) is 0 Å². The average molecular weight is 291 g/mol. The molecule has 6 heteroatoms. The Hall–Kier alpha value is -2.63. The van der Waals surface area contributed by atoms with Crippen LogP contribution in [-0.2, 0) is 4.79 Å². The Bertz CT molecular complexity index is 598. The van der Waals surface area contributed by atoms with Gasteiger partial charge in [0.15, 0.2) is 0 Å². The van der Waals surface area contributed by atoms with Gasteiger partial charge in [-0.3, -0.25) is 0 Å². The SMILES string of the molecule is Cc1ccc(OCC(C)C(=O)On2c(O)ccc2O)cc1. The molecule has 0 aliphatic carbocycles. The van der Waals surface area contributed by atoms with Crippen molar-refractivity contribution in [2.24, 2.45) is 5.92 Å². The quantitative estimate of drug-likeness (QED) is 0.879. The van der Waals surface area contributed by atoms with Crippen LogP contribution in [0.15, 0.2) is 36.4 Å². The number of aromatic nitrogens is 1. The van der Waals surface area contributed by atoms with E-state index < -0.39 is 11.9 Å². The molecule has 6 nitrogen and oxygen atoms in total. The summed E-state index contributed by atoms with van der Waals surface area (Å²) >= 11 is 0. The minimum absolute atomic E-state index is 0.130. The number of carbonyl (C=O) groups is 1. The Morgan fingerprint density at radius 2 is 1.71 bits per heavy atom. The molecule has 0 aliphatic heterocycles. The fourth-order valence-corrected chi connectivity index (χ4v) is 1.60. The molecule has 2 rings (SSSR count).